The summed E-state index contributed by atoms with van der Waals surface area (Å²) < 4.78 is 6.71. The number of carbonyl (C=O) groups excluding carboxylic acids is 2. The molecule has 0 saturated heterocycles. The van der Waals surface area contributed by atoms with Gasteiger partial charge in [0.15, 0.2) is 5.69 Å². The Morgan fingerprint density at radius 3 is 2.10 bits per heavy atom. The zero-order valence-corrected chi connectivity index (χ0v) is 19.1. The Hall–Kier alpha value is -2.63. The van der Waals surface area contributed by atoms with Crippen LogP contribution in [0.1, 0.15) is 74.0 Å². The lowest BCUT2D eigenvalue weighted by Crippen LogP contribution is -2.34. The van der Waals surface area contributed by atoms with Gasteiger partial charge in [-0.2, -0.15) is 5.10 Å². The van der Waals surface area contributed by atoms with Gasteiger partial charge in [0.1, 0.15) is 0 Å². The molecule has 1 aromatic heterocycles. The number of carbonyl (C=O) groups is 2. The molecule has 0 unspecified atom stereocenters. The minimum atomic E-state index is -0.433. The van der Waals surface area contributed by atoms with E-state index < -0.39 is 5.97 Å². The highest BCUT2D eigenvalue weighted by Gasteiger charge is 2.18. The van der Waals surface area contributed by atoms with E-state index in [0.717, 1.165) is 37.3 Å². The van der Waals surface area contributed by atoms with Gasteiger partial charge < -0.3 is 9.64 Å². The van der Waals surface area contributed by atoms with Crippen molar-refractivity contribution < 1.29 is 14.3 Å². The first-order valence-electron chi connectivity index (χ1n) is 10.9. The predicted octanol–water partition coefficient (Wildman–Crippen LogP) is 4.89. The van der Waals surface area contributed by atoms with Crippen LogP contribution < -0.4 is 0 Å². The first kappa shape index (κ1) is 23.6. The van der Waals surface area contributed by atoms with E-state index in [4.69, 9.17) is 4.74 Å². The monoisotopic (exact) mass is 413 g/mol. The van der Waals surface area contributed by atoms with Crippen LogP contribution in [0.4, 0.5) is 0 Å². The van der Waals surface area contributed by atoms with Gasteiger partial charge in [0.2, 0.25) is 0 Å². The quantitative estimate of drug-likeness (QED) is 0.520. The van der Waals surface area contributed by atoms with Crippen molar-refractivity contribution in [3.8, 4) is 5.69 Å². The fraction of sp³-hybridized carbons (Fsp3) is 0.542. The standard InChI is InChI=1S/C24H35N3O3/c1-7-30-24(29)22-16-19(6)27(25-22)21-10-8-20(9-11-21)23(28)26(14-12-17(2)3)15-13-18(4)5/h8-11,16-18H,7,12-15H2,1-6H3. The van der Waals surface area contributed by atoms with Crippen LogP contribution in [0.15, 0.2) is 30.3 Å². The lowest BCUT2D eigenvalue weighted by Gasteiger charge is -2.24. The SMILES string of the molecule is CCOC(=O)c1cc(C)n(-c2ccc(C(=O)N(CCC(C)C)CCC(C)C)cc2)n1. The predicted molar refractivity (Wildman–Crippen MR) is 119 cm³/mol. The molecular formula is C24H35N3O3. The van der Waals surface area contributed by atoms with E-state index in [1.54, 1.807) is 17.7 Å². The molecule has 0 aliphatic heterocycles. The molecule has 0 aliphatic carbocycles. The van der Waals surface area contributed by atoms with Crippen molar-refractivity contribution >= 4 is 11.9 Å². The molecule has 2 aromatic rings. The van der Waals surface area contributed by atoms with Crippen LogP contribution in [0.3, 0.4) is 0 Å². The van der Waals surface area contributed by atoms with Crippen molar-refractivity contribution in [3.05, 3.63) is 47.3 Å². The van der Waals surface area contributed by atoms with Gasteiger partial charge in [0.25, 0.3) is 5.91 Å². The molecule has 2 rings (SSSR count). The summed E-state index contributed by atoms with van der Waals surface area (Å²) >= 11 is 0. The van der Waals surface area contributed by atoms with Gasteiger partial charge in [-0.3, -0.25) is 4.79 Å². The van der Waals surface area contributed by atoms with E-state index in [0.29, 0.717) is 24.0 Å². The zero-order valence-electron chi connectivity index (χ0n) is 19.1. The van der Waals surface area contributed by atoms with E-state index in [-0.39, 0.29) is 11.6 Å². The highest BCUT2D eigenvalue weighted by molar-refractivity contribution is 5.94. The summed E-state index contributed by atoms with van der Waals surface area (Å²) in [5, 5.41) is 4.35. The molecule has 0 radical (unpaired) electrons. The van der Waals surface area contributed by atoms with Crippen LogP contribution in [0.25, 0.3) is 5.69 Å². The molecule has 0 saturated carbocycles. The number of ether oxygens (including phenoxy) is 1. The number of benzene rings is 1. The Morgan fingerprint density at radius 1 is 1.03 bits per heavy atom. The minimum Gasteiger partial charge on any atom is -0.461 e. The van der Waals surface area contributed by atoms with E-state index in [2.05, 4.69) is 32.8 Å². The van der Waals surface area contributed by atoms with Gasteiger partial charge >= 0.3 is 5.97 Å². The Labute approximate surface area is 180 Å². The third-order valence-electron chi connectivity index (χ3n) is 4.97. The maximum absolute atomic E-state index is 13.1. The number of amides is 1. The van der Waals surface area contributed by atoms with Gasteiger partial charge in [-0.1, -0.05) is 27.7 Å². The highest BCUT2D eigenvalue weighted by atomic mass is 16.5. The van der Waals surface area contributed by atoms with Gasteiger partial charge in [-0.05, 0) is 68.9 Å². The molecule has 0 bridgehead atoms. The molecule has 164 valence electrons. The van der Waals surface area contributed by atoms with E-state index >= 15 is 0 Å². The summed E-state index contributed by atoms with van der Waals surface area (Å²) in [4.78, 5) is 27.0. The smallest absolute Gasteiger partial charge is 0.358 e. The average Bonchev–Trinajstić information content (AvgIpc) is 3.09. The first-order valence-corrected chi connectivity index (χ1v) is 10.9. The fourth-order valence-electron chi connectivity index (χ4n) is 3.11. The molecular weight excluding hydrogens is 378 g/mol. The third-order valence-corrected chi connectivity index (χ3v) is 4.97. The summed E-state index contributed by atoms with van der Waals surface area (Å²) in [6.07, 6.45) is 1.98. The van der Waals surface area contributed by atoms with Crippen LogP contribution in [0.2, 0.25) is 0 Å². The maximum atomic E-state index is 13.1. The van der Waals surface area contributed by atoms with Gasteiger partial charge in [0.05, 0.1) is 12.3 Å². The molecule has 1 amide bonds. The van der Waals surface area contributed by atoms with Crippen LogP contribution in [-0.2, 0) is 4.74 Å². The number of rotatable bonds is 10. The molecule has 30 heavy (non-hydrogen) atoms. The second-order valence-electron chi connectivity index (χ2n) is 8.51. The number of aryl methyl sites for hydroxylation is 1. The molecule has 6 heteroatoms. The normalized spacial score (nSPS) is 11.2. The van der Waals surface area contributed by atoms with Crippen LogP contribution in [0.5, 0.6) is 0 Å². The molecule has 0 atom stereocenters. The van der Waals surface area contributed by atoms with Gasteiger partial charge in [0, 0.05) is 24.3 Å². The van der Waals surface area contributed by atoms with E-state index in [1.807, 2.05) is 36.1 Å². The topological polar surface area (TPSA) is 64.4 Å². The minimum absolute atomic E-state index is 0.0623. The first-order chi connectivity index (χ1) is 14.2. The maximum Gasteiger partial charge on any atom is 0.358 e. The van der Waals surface area contributed by atoms with E-state index in [9.17, 15) is 9.59 Å². The molecule has 0 spiro atoms. The summed E-state index contributed by atoms with van der Waals surface area (Å²) in [6, 6.07) is 9.11. The second-order valence-corrected chi connectivity index (χ2v) is 8.51. The van der Waals surface area contributed by atoms with Crippen molar-refractivity contribution in [2.24, 2.45) is 11.8 Å². The Bertz CT molecular complexity index is 826. The number of aromatic nitrogens is 2. The lowest BCUT2D eigenvalue weighted by molar-refractivity contribution is 0.0518. The molecule has 1 heterocycles. The largest absolute Gasteiger partial charge is 0.461 e. The third kappa shape index (κ3) is 6.44. The second kappa shape index (κ2) is 11.0. The van der Waals surface area contributed by atoms with Crippen molar-refractivity contribution in [2.75, 3.05) is 19.7 Å². The van der Waals surface area contributed by atoms with Crippen molar-refractivity contribution in [3.63, 3.8) is 0 Å². The van der Waals surface area contributed by atoms with Gasteiger partial charge in [-0.25, -0.2) is 9.48 Å². The number of hydrogen-bond acceptors (Lipinski definition) is 4. The highest BCUT2D eigenvalue weighted by Crippen LogP contribution is 2.16. The zero-order chi connectivity index (χ0) is 22.3. The molecule has 0 N–H and O–H groups in total. The fourth-order valence-corrected chi connectivity index (χ4v) is 3.11. The van der Waals surface area contributed by atoms with Crippen molar-refractivity contribution in [1.29, 1.82) is 0 Å². The summed E-state index contributed by atoms with van der Waals surface area (Å²) in [5.41, 5.74) is 2.58. The molecule has 0 fully saturated rings. The van der Waals surface area contributed by atoms with Crippen LogP contribution in [0, 0.1) is 18.8 Å². The van der Waals surface area contributed by atoms with Crippen LogP contribution >= 0.6 is 0 Å². The van der Waals surface area contributed by atoms with E-state index in [1.165, 1.54) is 0 Å². The van der Waals surface area contributed by atoms with Crippen LogP contribution in [-0.4, -0.2) is 46.3 Å². The number of esters is 1. The molecule has 1 aromatic carbocycles. The number of nitrogens with zero attached hydrogens (tertiary/aromatic N) is 3. The van der Waals surface area contributed by atoms with Gasteiger partial charge in [-0.15, -0.1) is 0 Å². The van der Waals surface area contributed by atoms with Crippen molar-refractivity contribution in [2.45, 2.75) is 54.4 Å². The Kier molecular flexibility index (Phi) is 8.63. The molecule has 6 nitrogen and oxygen atoms in total. The number of hydrogen-bond donors (Lipinski definition) is 0. The average molecular weight is 414 g/mol. The lowest BCUT2D eigenvalue weighted by atomic mass is 10.1. The summed E-state index contributed by atoms with van der Waals surface area (Å²) in [5.74, 6) is 0.737. The van der Waals surface area contributed by atoms with Crippen molar-refractivity contribution in [1.82, 2.24) is 14.7 Å². The molecule has 0 aliphatic rings. The summed E-state index contributed by atoms with van der Waals surface area (Å²) in [7, 11) is 0. The Morgan fingerprint density at radius 2 is 1.60 bits per heavy atom. The Balaban J connectivity index is 2.18. The summed E-state index contributed by atoms with van der Waals surface area (Å²) in [6.45, 7) is 14.2.